The third kappa shape index (κ3) is 2.69. The molecule has 102 valence electrons. The number of carbonyl (C=O) groups is 1. The summed E-state index contributed by atoms with van der Waals surface area (Å²) in [6.45, 7) is 2.04. The largest absolute Gasteiger partial charge is 0.397 e. The molecule has 0 aromatic heterocycles. The number of nitrogens with one attached hydrogen (secondary N) is 1. The lowest BCUT2D eigenvalue weighted by Gasteiger charge is -2.16. The molecular formula is C14H18ClN3O. The second-order valence-electron chi connectivity index (χ2n) is 5.39. The maximum absolute atomic E-state index is 12.2. The van der Waals surface area contributed by atoms with Gasteiger partial charge in [-0.05, 0) is 31.4 Å². The van der Waals surface area contributed by atoms with Crippen molar-refractivity contribution in [2.45, 2.75) is 31.3 Å². The molecule has 4 nitrogen and oxygen atoms in total. The highest BCUT2D eigenvalue weighted by atomic mass is 35.5. The Hall–Kier alpha value is -1.26. The van der Waals surface area contributed by atoms with Crippen LogP contribution in [0, 0.1) is 0 Å². The molecule has 5 heteroatoms. The maximum Gasteiger partial charge on any atom is 0.253 e. The molecule has 19 heavy (non-hydrogen) atoms. The van der Waals surface area contributed by atoms with Crippen LogP contribution in [0.2, 0.25) is 5.02 Å². The fraction of sp³-hybridized carbons (Fsp3) is 0.500. The van der Waals surface area contributed by atoms with E-state index in [4.69, 9.17) is 17.3 Å². The molecule has 0 radical (unpaired) electrons. The predicted molar refractivity (Wildman–Crippen MR) is 76.3 cm³/mol. The van der Waals surface area contributed by atoms with Gasteiger partial charge >= 0.3 is 0 Å². The summed E-state index contributed by atoms with van der Waals surface area (Å²) in [4.78, 5) is 14.7. The van der Waals surface area contributed by atoms with Crippen LogP contribution in [0.25, 0.3) is 0 Å². The van der Waals surface area contributed by atoms with Gasteiger partial charge in [0, 0.05) is 25.2 Å². The van der Waals surface area contributed by atoms with Crippen molar-refractivity contribution >= 4 is 23.2 Å². The zero-order chi connectivity index (χ0) is 13.4. The van der Waals surface area contributed by atoms with E-state index in [2.05, 4.69) is 10.2 Å². The molecule has 1 aromatic carbocycles. The zero-order valence-corrected chi connectivity index (χ0v) is 11.5. The molecule has 1 amide bonds. The van der Waals surface area contributed by atoms with Gasteiger partial charge in [-0.1, -0.05) is 17.7 Å². The Morgan fingerprint density at radius 3 is 2.89 bits per heavy atom. The highest BCUT2D eigenvalue weighted by Crippen LogP contribution is 2.30. The van der Waals surface area contributed by atoms with Gasteiger partial charge in [-0.2, -0.15) is 0 Å². The highest BCUT2D eigenvalue weighted by molar-refractivity contribution is 6.33. The summed E-state index contributed by atoms with van der Waals surface area (Å²) in [6, 6.07) is 6.14. The minimum atomic E-state index is -0.123. The first-order valence-corrected chi connectivity index (χ1v) is 7.12. The van der Waals surface area contributed by atoms with E-state index in [1.807, 2.05) is 0 Å². The number of anilines is 1. The summed E-state index contributed by atoms with van der Waals surface area (Å²) in [5.74, 6) is -0.123. The molecule has 1 aliphatic carbocycles. The fourth-order valence-corrected chi connectivity index (χ4v) is 2.85. The Morgan fingerprint density at radius 1 is 1.37 bits per heavy atom. The van der Waals surface area contributed by atoms with Gasteiger partial charge in [-0.15, -0.1) is 0 Å². The Morgan fingerprint density at radius 2 is 2.16 bits per heavy atom. The van der Waals surface area contributed by atoms with Crippen molar-refractivity contribution in [3.63, 3.8) is 0 Å². The third-order valence-corrected chi connectivity index (χ3v) is 4.25. The first-order chi connectivity index (χ1) is 9.15. The molecule has 1 aromatic rings. The number of hydrogen-bond donors (Lipinski definition) is 2. The van der Waals surface area contributed by atoms with Gasteiger partial charge < -0.3 is 11.1 Å². The van der Waals surface area contributed by atoms with E-state index in [-0.39, 0.29) is 11.9 Å². The number of carbonyl (C=O) groups excluding carboxylic acids is 1. The predicted octanol–water partition coefficient (Wildman–Crippen LogP) is 1.89. The Balaban J connectivity index is 1.63. The lowest BCUT2D eigenvalue weighted by molar-refractivity contribution is 0.0938. The topological polar surface area (TPSA) is 58.4 Å². The van der Waals surface area contributed by atoms with Crippen molar-refractivity contribution < 1.29 is 4.79 Å². The zero-order valence-electron chi connectivity index (χ0n) is 10.7. The number of rotatable bonds is 3. The first-order valence-electron chi connectivity index (χ1n) is 6.74. The van der Waals surface area contributed by atoms with Gasteiger partial charge in [0.25, 0.3) is 5.91 Å². The number of benzene rings is 1. The van der Waals surface area contributed by atoms with E-state index in [1.165, 1.54) is 12.8 Å². The monoisotopic (exact) mass is 279 g/mol. The summed E-state index contributed by atoms with van der Waals surface area (Å²) < 4.78 is 0. The van der Waals surface area contributed by atoms with E-state index in [1.54, 1.807) is 18.2 Å². The Labute approximate surface area is 117 Å². The number of likely N-dealkylation sites (tertiary alicyclic amines) is 1. The van der Waals surface area contributed by atoms with Gasteiger partial charge in [-0.3, -0.25) is 9.69 Å². The molecule has 1 aliphatic heterocycles. The molecule has 1 heterocycles. The second-order valence-corrected chi connectivity index (χ2v) is 5.79. The number of para-hydroxylation sites is 1. The van der Waals surface area contributed by atoms with E-state index >= 15 is 0 Å². The van der Waals surface area contributed by atoms with E-state index in [9.17, 15) is 4.79 Å². The van der Waals surface area contributed by atoms with E-state index < -0.39 is 0 Å². The van der Waals surface area contributed by atoms with Gasteiger partial charge in [0.1, 0.15) is 0 Å². The summed E-state index contributed by atoms with van der Waals surface area (Å²) in [5.41, 5.74) is 6.67. The van der Waals surface area contributed by atoms with Crippen LogP contribution >= 0.6 is 11.6 Å². The SMILES string of the molecule is Nc1c(Cl)cccc1C(=O)NC1CCN(C2CC2)C1. The Kier molecular flexibility index (Phi) is 3.37. The molecule has 2 aliphatic rings. The van der Waals surface area contributed by atoms with Gasteiger partial charge in [0.15, 0.2) is 0 Å². The maximum atomic E-state index is 12.2. The molecule has 0 bridgehead atoms. The van der Waals surface area contributed by atoms with Gasteiger partial charge in [0.05, 0.1) is 16.3 Å². The van der Waals surface area contributed by atoms with Crippen molar-refractivity contribution in [3.8, 4) is 0 Å². The lowest BCUT2D eigenvalue weighted by Crippen LogP contribution is -2.37. The van der Waals surface area contributed by atoms with Crippen LogP contribution in [0.3, 0.4) is 0 Å². The van der Waals surface area contributed by atoms with Crippen LogP contribution in [0.1, 0.15) is 29.6 Å². The van der Waals surface area contributed by atoms with Crippen LogP contribution in [-0.2, 0) is 0 Å². The minimum absolute atomic E-state index is 0.123. The number of amides is 1. The lowest BCUT2D eigenvalue weighted by atomic mass is 10.1. The van der Waals surface area contributed by atoms with Gasteiger partial charge in [0.2, 0.25) is 0 Å². The average Bonchev–Trinajstić information content (AvgIpc) is 3.14. The van der Waals surface area contributed by atoms with Crippen molar-refractivity contribution in [1.82, 2.24) is 10.2 Å². The molecule has 1 atom stereocenters. The summed E-state index contributed by atoms with van der Waals surface area (Å²) in [7, 11) is 0. The molecule has 2 fully saturated rings. The number of hydrogen-bond acceptors (Lipinski definition) is 3. The summed E-state index contributed by atoms with van der Waals surface area (Å²) in [6.07, 6.45) is 3.63. The summed E-state index contributed by atoms with van der Waals surface area (Å²) >= 11 is 5.93. The second kappa shape index (κ2) is 5.02. The molecule has 1 saturated heterocycles. The normalized spacial score (nSPS) is 23.5. The van der Waals surface area contributed by atoms with Crippen molar-refractivity contribution in [2.75, 3.05) is 18.8 Å². The van der Waals surface area contributed by atoms with Crippen molar-refractivity contribution in [1.29, 1.82) is 0 Å². The van der Waals surface area contributed by atoms with Crippen LogP contribution in [-0.4, -0.2) is 36.0 Å². The van der Waals surface area contributed by atoms with Crippen molar-refractivity contribution in [3.05, 3.63) is 28.8 Å². The third-order valence-electron chi connectivity index (χ3n) is 3.92. The minimum Gasteiger partial charge on any atom is -0.397 e. The van der Waals surface area contributed by atoms with Crippen LogP contribution in [0.4, 0.5) is 5.69 Å². The molecular weight excluding hydrogens is 262 g/mol. The van der Waals surface area contributed by atoms with Crippen LogP contribution in [0.15, 0.2) is 18.2 Å². The number of nitrogens with zero attached hydrogens (tertiary/aromatic N) is 1. The van der Waals surface area contributed by atoms with E-state index in [0.717, 1.165) is 25.6 Å². The van der Waals surface area contributed by atoms with Crippen LogP contribution < -0.4 is 11.1 Å². The van der Waals surface area contributed by atoms with Gasteiger partial charge in [-0.25, -0.2) is 0 Å². The van der Waals surface area contributed by atoms with E-state index in [0.29, 0.717) is 16.3 Å². The molecule has 3 rings (SSSR count). The Bertz CT molecular complexity index is 501. The molecule has 1 unspecified atom stereocenters. The van der Waals surface area contributed by atoms with Crippen molar-refractivity contribution in [2.24, 2.45) is 0 Å². The average molecular weight is 280 g/mol. The summed E-state index contributed by atoms with van der Waals surface area (Å²) in [5, 5.41) is 3.49. The standard InChI is InChI=1S/C14H18ClN3O/c15-12-3-1-2-11(13(12)16)14(19)17-9-6-7-18(8-9)10-4-5-10/h1-3,9-10H,4-8,16H2,(H,17,19). The molecule has 3 N–H and O–H groups in total. The highest BCUT2D eigenvalue weighted by Gasteiger charge is 2.34. The molecule has 1 saturated carbocycles. The first kappa shape index (κ1) is 12.8. The quantitative estimate of drug-likeness (QED) is 0.831. The number of halogens is 1. The fourth-order valence-electron chi connectivity index (χ4n) is 2.67. The number of nitrogens with two attached hydrogens (primary N) is 1. The molecule has 0 spiro atoms. The van der Waals surface area contributed by atoms with Crippen LogP contribution in [0.5, 0.6) is 0 Å². The number of nitrogen functional groups attached to an aromatic ring is 1. The smallest absolute Gasteiger partial charge is 0.253 e.